The number of rotatable bonds is 7. The second-order valence-corrected chi connectivity index (χ2v) is 10.3. The number of carbonyl (C=O) groups is 2. The van der Waals surface area contributed by atoms with Gasteiger partial charge in [0.15, 0.2) is 5.82 Å². The van der Waals surface area contributed by atoms with Crippen molar-refractivity contribution >= 4 is 23.7 Å². The Morgan fingerprint density at radius 1 is 1.00 bits per heavy atom. The average molecular weight is 532 g/mol. The lowest BCUT2D eigenvalue weighted by Gasteiger charge is -2.19. The summed E-state index contributed by atoms with van der Waals surface area (Å²) in [4.78, 5) is 46.7. The van der Waals surface area contributed by atoms with E-state index in [1.54, 1.807) is 36.5 Å². The smallest absolute Gasteiger partial charge is 0.350 e. The molecule has 3 heterocycles. The molecule has 194 valence electrons. The lowest BCUT2D eigenvalue weighted by molar-refractivity contribution is 0.0204. The van der Waals surface area contributed by atoms with Gasteiger partial charge in [-0.05, 0) is 43.2 Å². The maximum atomic E-state index is 13.0. The van der Waals surface area contributed by atoms with Crippen molar-refractivity contribution in [1.82, 2.24) is 24.3 Å². The molecule has 1 saturated heterocycles. The highest BCUT2D eigenvalue weighted by Gasteiger charge is 2.40. The number of hydrogen-bond acceptors (Lipinski definition) is 9. The van der Waals surface area contributed by atoms with Crippen LogP contribution in [0.25, 0.3) is 5.82 Å². The molecule has 4 aromatic rings. The summed E-state index contributed by atoms with van der Waals surface area (Å²) in [5.74, 6) is -0.568. The lowest BCUT2D eigenvalue weighted by Crippen LogP contribution is -2.30. The van der Waals surface area contributed by atoms with Gasteiger partial charge in [0.1, 0.15) is 25.4 Å². The number of esters is 2. The van der Waals surface area contributed by atoms with Gasteiger partial charge in [-0.25, -0.2) is 24.0 Å². The molecule has 3 atom stereocenters. The monoisotopic (exact) mass is 531 g/mol. The standard InChI is InChI=1S/C27H25N5O5S/c1-17-7-3-5-9-19(17)25(33)36-14-22-21(37-26(34)20-10-6-4-8-18(20)2)13-24(38-22)31-12-11-23(30-27(31)35)32-16-28-15-29-32/h3-12,15-16,21-22,24H,13-14H2,1-2H3/t21-,22+,24+/m0/s1. The number of aryl methyl sites for hydroxylation is 2. The highest BCUT2D eigenvalue weighted by Crippen LogP contribution is 2.43. The molecule has 5 rings (SSSR count). The van der Waals surface area contributed by atoms with Gasteiger partial charge in [0.2, 0.25) is 0 Å². The van der Waals surface area contributed by atoms with E-state index in [1.807, 2.05) is 38.1 Å². The quantitative estimate of drug-likeness (QED) is 0.330. The Kier molecular flexibility index (Phi) is 7.36. The number of ether oxygens (including phenoxy) is 2. The van der Waals surface area contributed by atoms with Gasteiger partial charge >= 0.3 is 17.6 Å². The van der Waals surface area contributed by atoms with Gasteiger partial charge in [0.05, 0.1) is 21.8 Å². The van der Waals surface area contributed by atoms with Crippen molar-refractivity contribution in [2.75, 3.05) is 6.61 Å². The van der Waals surface area contributed by atoms with Crippen molar-refractivity contribution in [1.29, 1.82) is 0 Å². The second kappa shape index (κ2) is 11.0. The third-order valence-electron chi connectivity index (χ3n) is 6.33. The Bertz CT molecular complexity index is 1520. The molecule has 0 spiro atoms. The Morgan fingerprint density at radius 2 is 1.68 bits per heavy atom. The SMILES string of the molecule is Cc1ccccc1C(=O)OC[C@H]1S[C@@H](n2ccc(-n3cncn3)nc2=O)C[C@@H]1OC(=O)c1ccccc1C. The molecule has 0 radical (unpaired) electrons. The van der Waals surface area contributed by atoms with Crippen LogP contribution in [0.2, 0.25) is 0 Å². The molecule has 2 aromatic carbocycles. The third kappa shape index (κ3) is 5.37. The third-order valence-corrected chi connectivity index (χ3v) is 7.85. The van der Waals surface area contributed by atoms with E-state index < -0.39 is 23.7 Å². The Balaban J connectivity index is 1.36. The number of benzene rings is 2. The topological polar surface area (TPSA) is 118 Å². The number of carbonyl (C=O) groups excluding carboxylic acids is 2. The number of hydrogen-bond donors (Lipinski definition) is 0. The van der Waals surface area contributed by atoms with Gasteiger partial charge < -0.3 is 9.47 Å². The van der Waals surface area contributed by atoms with Crippen molar-refractivity contribution in [2.24, 2.45) is 0 Å². The van der Waals surface area contributed by atoms with Crippen molar-refractivity contribution < 1.29 is 19.1 Å². The summed E-state index contributed by atoms with van der Waals surface area (Å²) >= 11 is 1.41. The molecule has 0 N–H and O–H groups in total. The number of nitrogens with zero attached hydrogens (tertiary/aromatic N) is 5. The van der Waals surface area contributed by atoms with Crippen LogP contribution in [0.5, 0.6) is 0 Å². The molecule has 11 heteroatoms. The summed E-state index contributed by atoms with van der Waals surface area (Å²) in [7, 11) is 0. The molecule has 2 aromatic heterocycles. The minimum absolute atomic E-state index is 0.0132. The summed E-state index contributed by atoms with van der Waals surface area (Å²) < 4.78 is 14.4. The van der Waals surface area contributed by atoms with E-state index in [4.69, 9.17) is 9.47 Å². The van der Waals surface area contributed by atoms with Gasteiger partial charge in [-0.15, -0.1) is 11.8 Å². The van der Waals surface area contributed by atoms with E-state index in [2.05, 4.69) is 15.1 Å². The summed E-state index contributed by atoms with van der Waals surface area (Å²) in [6.45, 7) is 3.69. The van der Waals surface area contributed by atoms with Crippen LogP contribution in [0, 0.1) is 13.8 Å². The van der Waals surface area contributed by atoms with E-state index in [9.17, 15) is 14.4 Å². The van der Waals surface area contributed by atoms with Gasteiger partial charge in [0, 0.05) is 12.6 Å². The lowest BCUT2D eigenvalue weighted by atomic mass is 10.1. The molecule has 1 aliphatic heterocycles. The molecule has 0 saturated carbocycles. The fourth-order valence-electron chi connectivity index (χ4n) is 4.26. The van der Waals surface area contributed by atoms with E-state index in [0.29, 0.717) is 23.4 Å². The van der Waals surface area contributed by atoms with Crippen molar-refractivity contribution in [3.05, 3.63) is 106 Å². The minimum atomic E-state index is -0.594. The Hall–Kier alpha value is -4.25. The predicted octanol–water partition coefficient (Wildman–Crippen LogP) is 3.53. The van der Waals surface area contributed by atoms with E-state index in [1.165, 1.54) is 33.7 Å². The normalized spacial score (nSPS) is 18.7. The second-order valence-electron chi connectivity index (χ2n) is 8.85. The van der Waals surface area contributed by atoms with Gasteiger partial charge in [-0.2, -0.15) is 10.1 Å². The van der Waals surface area contributed by atoms with E-state index >= 15 is 0 Å². The zero-order chi connectivity index (χ0) is 26.6. The van der Waals surface area contributed by atoms with Crippen LogP contribution in [0.15, 0.2) is 78.2 Å². The molecule has 38 heavy (non-hydrogen) atoms. The van der Waals surface area contributed by atoms with Crippen LogP contribution >= 0.6 is 11.8 Å². The summed E-state index contributed by atoms with van der Waals surface area (Å²) in [5, 5.41) is 3.24. The minimum Gasteiger partial charge on any atom is -0.461 e. The molecule has 0 unspecified atom stereocenters. The first-order valence-corrected chi connectivity index (χ1v) is 12.9. The average Bonchev–Trinajstić information content (AvgIpc) is 3.58. The molecule has 1 fully saturated rings. The molecule has 10 nitrogen and oxygen atoms in total. The highest BCUT2D eigenvalue weighted by molar-refractivity contribution is 8.00. The first kappa shape index (κ1) is 25.4. The summed E-state index contributed by atoms with van der Waals surface area (Å²) in [6.07, 6.45) is 4.20. The van der Waals surface area contributed by atoms with Crippen molar-refractivity contribution in [3.8, 4) is 5.82 Å². The molecule has 0 aliphatic carbocycles. The first-order valence-electron chi connectivity index (χ1n) is 12.0. The Morgan fingerprint density at radius 3 is 2.32 bits per heavy atom. The van der Waals surface area contributed by atoms with Crippen LogP contribution in [0.3, 0.4) is 0 Å². The fraction of sp³-hybridized carbons (Fsp3) is 0.259. The summed E-state index contributed by atoms with van der Waals surface area (Å²) in [6, 6.07) is 16.0. The molecular weight excluding hydrogens is 506 g/mol. The predicted molar refractivity (Wildman–Crippen MR) is 140 cm³/mol. The number of aromatic nitrogens is 5. The van der Waals surface area contributed by atoms with Crippen molar-refractivity contribution in [2.45, 2.75) is 37.0 Å². The van der Waals surface area contributed by atoms with Gasteiger partial charge in [0.25, 0.3) is 0 Å². The van der Waals surface area contributed by atoms with Crippen LogP contribution in [0.1, 0.15) is 43.6 Å². The molecular formula is C27H25N5O5S. The van der Waals surface area contributed by atoms with Gasteiger partial charge in [-0.3, -0.25) is 4.57 Å². The molecule has 0 amide bonds. The van der Waals surface area contributed by atoms with Crippen LogP contribution < -0.4 is 5.69 Å². The number of thioether (sulfide) groups is 1. The van der Waals surface area contributed by atoms with E-state index in [-0.39, 0.29) is 17.2 Å². The molecule has 1 aliphatic rings. The van der Waals surface area contributed by atoms with E-state index in [0.717, 1.165) is 11.1 Å². The highest BCUT2D eigenvalue weighted by atomic mass is 32.2. The van der Waals surface area contributed by atoms with Gasteiger partial charge in [-0.1, -0.05) is 36.4 Å². The first-order chi connectivity index (χ1) is 18.4. The van der Waals surface area contributed by atoms with Crippen LogP contribution in [-0.2, 0) is 9.47 Å². The summed E-state index contributed by atoms with van der Waals surface area (Å²) in [5.41, 5.74) is 2.07. The zero-order valence-electron chi connectivity index (χ0n) is 20.8. The molecule has 0 bridgehead atoms. The Labute approximate surface area is 222 Å². The maximum Gasteiger partial charge on any atom is 0.350 e. The zero-order valence-corrected chi connectivity index (χ0v) is 21.6. The van der Waals surface area contributed by atoms with Crippen LogP contribution in [-0.4, -0.2) is 54.2 Å². The largest absolute Gasteiger partial charge is 0.461 e. The fourth-order valence-corrected chi connectivity index (χ4v) is 5.75. The van der Waals surface area contributed by atoms with Crippen molar-refractivity contribution in [3.63, 3.8) is 0 Å². The maximum absolute atomic E-state index is 13.0. The van der Waals surface area contributed by atoms with Crippen LogP contribution in [0.4, 0.5) is 0 Å².